The van der Waals surface area contributed by atoms with Gasteiger partial charge in [-0.05, 0) is 67.4 Å². The van der Waals surface area contributed by atoms with E-state index in [-0.39, 0.29) is 17.5 Å². The van der Waals surface area contributed by atoms with E-state index in [9.17, 15) is 13.2 Å². The first kappa shape index (κ1) is 23.6. The Morgan fingerprint density at radius 2 is 1.66 bits per heavy atom. The van der Waals surface area contributed by atoms with Crippen molar-refractivity contribution in [3.63, 3.8) is 0 Å². The number of ether oxygens (including phenoxy) is 1. The quantitative estimate of drug-likeness (QED) is 0.514. The Morgan fingerprint density at radius 3 is 2.25 bits per heavy atom. The van der Waals surface area contributed by atoms with E-state index in [0.717, 1.165) is 15.4 Å². The first-order valence-electron chi connectivity index (χ1n) is 9.99. The van der Waals surface area contributed by atoms with Crippen molar-refractivity contribution in [2.45, 2.75) is 24.8 Å². The predicted octanol–water partition coefficient (Wildman–Crippen LogP) is 4.73. The standard InChI is InChI=1S/C24H25ClN2O4S/c1-17-6-4-5-7-23(17)27(32(29,30)22-14-10-20(25)11-15-22)16-24(28)26-18(2)19-8-12-21(31-3)13-9-19/h4-15,18H,16H2,1-3H3,(H,26,28)/t18-/m1/s1. The number of aryl methyl sites for hydroxylation is 1. The monoisotopic (exact) mass is 472 g/mol. The number of hydrogen-bond donors (Lipinski definition) is 1. The van der Waals surface area contributed by atoms with Crippen LogP contribution in [0.2, 0.25) is 5.02 Å². The Bertz CT molecular complexity index is 1180. The van der Waals surface area contributed by atoms with Gasteiger partial charge in [0.2, 0.25) is 5.91 Å². The summed E-state index contributed by atoms with van der Waals surface area (Å²) in [5.74, 6) is 0.293. The second kappa shape index (κ2) is 10.1. The first-order chi connectivity index (χ1) is 15.2. The van der Waals surface area contributed by atoms with Crippen LogP contribution in [0.25, 0.3) is 0 Å². The maximum Gasteiger partial charge on any atom is 0.264 e. The molecule has 3 aromatic rings. The molecule has 168 valence electrons. The Morgan fingerprint density at radius 1 is 1.03 bits per heavy atom. The van der Waals surface area contributed by atoms with Crippen LogP contribution >= 0.6 is 11.6 Å². The molecule has 0 saturated carbocycles. The lowest BCUT2D eigenvalue weighted by molar-refractivity contribution is -0.120. The molecule has 0 heterocycles. The van der Waals surface area contributed by atoms with Crippen LogP contribution < -0.4 is 14.4 Å². The molecule has 0 aliphatic carbocycles. The van der Waals surface area contributed by atoms with Crippen LogP contribution in [0.4, 0.5) is 5.69 Å². The maximum absolute atomic E-state index is 13.4. The minimum absolute atomic E-state index is 0.0566. The van der Waals surface area contributed by atoms with Crippen LogP contribution in [0.15, 0.2) is 77.7 Å². The topological polar surface area (TPSA) is 75.7 Å². The second-order valence-electron chi connectivity index (χ2n) is 7.31. The molecular weight excluding hydrogens is 448 g/mol. The van der Waals surface area contributed by atoms with Crippen molar-refractivity contribution in [1.29, 1.82) is 0 Å². The smallest absolute Gasteiger partial charge is 0.264 e. The Balaban J connectivity index is 1.87. The minimum Gasteiger partial charge on any atom is -0.497 e. The molecular formula is C24H25ClN2O4S. The summed E-state index contributed by atoms with van der Waals surface area (Å²) < 4.78 is 33.2. The van der Waals surface area contributed by atoms with E-state index >= 15 is 0 Å². The first-order valence-corrected chi connectivity index (χ1v) is 11.8. The fourth-order valence-corrected chi connectivity index (χ4v) is 4.88. The molecule has 0 aliphatic rings. The lowest BCUT2D eigenvalue weighted by Crippen LogP contribution is -2.41. The Kier molecular flexibility index (Phi) is 7.43. The van der Waals surface area contributed by atoms with Crippen LogP contribution in [-0.2, 0) is 14.8 Å². The second-order valence-corrected chi connectivity index (χ2v) is 9.61. The molecule has 8 heteroatoms. The molecule has 0 bridgehead atoms. The van der Waals surface area contributed by atoms with E-state index < -0.39 is 15.9 Å². The summed E-state index contributed by atoms with van der Waals surface area (Å²) in [5, 5.41) is 3.31. The van der Waals surface area contributed by atoms with Crippen LogP contribution in [0.5, 0.6) is 5.75 Å². The number of benzene rings is 3. The number of methoxy groups -OCH3 is 1. The third-order valence-electron chi connectivity index (χ3n) is 5.07. The van der Waals surface area contributed by atoms with Gasteiger partial charge >= 0.3 is 0 Å². The number of sulfonamides is 1. The van der Waals surface area contributed by atoms with Crippen molar-refractivity contribution in [1.82, 2.24) is 5.32 Å². The molecule has 0 saturated heterocycles. The molecule has 6 nitrogen and oxygen atoms in total. The summed E-state index contributed by atoms with van der Waals surface area (Å²) >= 11 is 5.92. The molecule has 0 unspecified atom stereocenters. The predicted molar refractivity (Wildman–Crippen MR) is 127 cm³/mol. The van der Waals surface area contributed by atoms with Crippen LogP contribution in [0, 0.1) is 6.92 Å². The zero-order chi connectivity index (χ0) is 23.3. The van der Waals surface area contributed by atoms with Crippen molar-refractivity contribution >= 4 is 33.2 Å². The number of halogens is 1. The van der Waals surface area contributed by atoms with Crippen LogP contribution in [-0.4, -0.2) is 28.0 Å². The summed E-state index contributed by atoms with van der Waals surface area (Å²) in [4.78, 5) is 13.0. The van der Waals surface area contributed by atoms with Crippen LogP contribution in [0.1, 0.15) is 24.1 Å². The highest BCUT2D eigenvalue weighted by Gasteiger charge is 2.28. The number of hydrogen-bond acceptors (Lipinski definition) is 4. The molecule has 0 aromatic heterocycles. The highest BCUT2D eigenvalue weighted by atomic mass is 35.5. The molecule has 1 N–H and O–H groups in total. The molecule has 1 amide bonds. The summed E-state index contributed by atoms with van der Waals surface area (Å²) in [7, 11) is -2.42. The van der Waals surface area contributed by atoms with Gasteiger partial charge in [0.05, 0.1) is 23.7 Å². The summed E-state index contributed by atoms with van der Waals surface area (Å²) in [6.45, 7) is 3.28. The van der Waals surface area contributed by atoms with Gasteiger partial charge < -0.3 is 10.1 Å². The molecule has 3 aromatic carbocycles. The molecule has 0 spiro atoms. The van der Waals surface area contributed by atoms with E-state index in [1.54, 1.807) is 32.2 Å². The van der Waals surface area contributed by atoms with Gasteiger partial charge in [0.25, 0.3) is 10.0 Å². The van der Waals surface area contributed by atoms with Crippen molar-refractivity contribution in [3.05, 3.63) is 88.9 Å². The van der Waals surface area contributed by atoms with Crippen molar-refractivity contribution in [3.8, 4) is 5.75 Å². The number of carbonyl (C=O) groups is 1. The number of rotatable bonds is 8. The molecule has 32 heavy (non-hydrogen) atoms. The van der Waals surface area contributed by atoms with Gasteiger partial charge in [-0.1, -0.05) is 41.9 Å². The highest BCUT2D eigenvalue weighted by molar-refractivity contribution is 7.92. The normalized spacial score (nSPS) is 12.1. The summed E-state index contributed by atoms with van der Waals surface area (Å²) in [5.41, 5.74) is 2.05. The molecule has 0 radical (unpaired) electrons. The van der Waals surface area contributed by atoms with Gasteiger partial charge in [0.15, 0.2) is 0 Å². The van der Waals surface area contributed by atoms with Crippen molar-refractivity contribution in [2.75, 3.05) is 18.0 Å². The zero-order valence-corrected chi connectivity index (χ0v) is 19.7. The third kappa shape index (κ3) is 5.41. The fraction of sp³-hybridized carbons (Fsp3) is 0.208. The number of nitrogens with zero attached hydrogens (tertiary/aromatic N) is 1. The molecule has 0 fully saturated rings. The Hall–Kier alpha value is -3.03. The average molecular weight is 473 g/mol. The van der Waals surface area contributed by atoms with E-state index in [1.807, 2.05) is 37.3 Å². The van der Waals surface area contributed by atoms with E-state index in [2.05, 4.69) is 5.32 Å². The molecule has 0 aliphatic heterocycles. The van der Waals surface area contributed by atoms with Crippen molar-refractivity contribution < 1.29 is 17.9 Å². The van der Waals surface area contributed by atoms with Gasteiger partial charge in [0.1, 0.15) is 12.3 Å². The molecule has 3 rings (SSSR count). The number of carbonyl (C=O) groups excluding carboxylic acids is 1. The Labute approximate surface area is 193 Å². The summed E-state index contributed by atoms with van der Waals surface area (Å²) in [6, 6.07) is 19.9. The lowest BCUT2D eigenvalue weighted by atomic mass is 10.1. The van der Waals surface area contributed by atoms with Gasteiger partial charge in [0, 0.05) is 5.02 Å². The highest BCUT2D eigenvalue weighted by Crippen LogP contribution is 2.27. The van der Waals surface area contributed by atoms with Crippen molar-refractivity contribution in [2.24, 2.45) is 0 Å². The number of amides is 1. The largest absolute Gasteiger partial charge is 0.497 e. The van der Waals surface area contributed by atoms with E-state index in [4.69, 9.17) is 16.3 Å². The minimum atomic E-state index is -4.00. The van der Waals surface area contributed by atoms with E-state index in [1.165, 1.54) is 24.3 Å². The van der Waals surface area contributed by atoms with Gasteiger partial charge in [-0.25, -0.2) is 8.42 Å². The SMILES string of the molecule is COc1ccc([C@@H](C)NC(=O)CN(c2ccccc2C)S(=O)(=O)c2ccc(Cl)cc2)cc1. The van der Waals surface area contributed by atoms with E-state index in [0.29, 0.717) is 16.5 Å². The average Bonchev–Trinajstić information content (AvgIpc) is 2.78. The van der Waals surface area contributed by atoms with Crippen LogP contribution in [0.3, 0.4) is 0 Å². The molecule has 1 atom stereocenters. The van der Waals surface area contributed by atoms with Gasteiger partial charge in [-0.3, -0.25) is 9.10 Å². The fourth-order valence-electron chi connectivity index (χ4n) is 3.27. The number of nitrogens with one attached hydrogen (secondary N) is 1. The number of anilines is 1. The van der Waals surface area contributed by atoms with Gasteiger partial charge in [-0.15, -0.1) is 0 Å². The zero-order valence-electron chi connectivity index (χ0n) is 18.1. The lowest BCUT2D eigenvalue weighted by Gasteiger charge is -2.26. The maximum atomic E-state index is 13.4. The third-order valence-corrected chi connectivity index (χ3v) is 7.09. The van der Waals surface area contributed by atoms with Gasteiger partial charge in [-0.2, -0.15) is 0 Å². The number of para-hydroxylation sites is 1. The summed E-state index contributed by atoms with van der Waals surface area (Å²) in [6.07, 6.45) is 0.